The summed E-state index contributed by atoms with van der Waals surface area (Å²) in [6.45, 7) is 2.92. The molecular weight excluding hydrogens is 448 g/mol. The van der Waals surface area contributed by atoms with Crippen LogP contribution in [0.2, 0.25) is 5.82 Å². The van der Waals surface area contributed by atoms with Gasteiger partial charge in [0.05, 0.1) is 0 Å². The van der Waals surface area contributed by atoms with Crippen molar-refractivity contribution in [2.45, 2.75) is 67.9 Å². The van der Waals surface area contributed by atoms with Crippen LogP contribution in [0.3, 0.4) is 0 Å². The average molecular weight is 485 g/mol. The molecule has 7 rings (SSSR count). The van der Waals surface area contributed by atoms with Crippen LogP contribution in [-0.4, -0.2) is 65.8 Å². The second-order valence-electron chi connectivity index (χ2n) is 12.0. The molecule has 2 aliphatic heterocycles. The van der Waals surface area contributed by atoms with Gasteiger partial charge in [0, 0.05) is 37.8 Å². The molecule has 2 aromatic rings. The lowest BCUT2D eigenvalue weighted by Gasteiger charge is -2.63. The largest absolute Gasteiger partial charge is 0.485 e. The molecule has 188 valence electrons. The third-order valence-electron chi connectivity index (χ3n) is 10.3. The normalized spacial score (nSPS) is 33.6. The lowest BCUT2D eigenvalue weighted by Crippen LogP contribution is -2.72. The van der Waals surface area contributed by atoms with E-state index in [4.69, 9.17) is 18.9 Å². The third kappa shape index (κ3) is 3.09. The number of likely N-dealkylation sites (tertiary alicyclic amines) is 1. The molecule has 5 aliphatic rings. The smallest absolute Gasteiger partial charge is 0.201 e. The van der Waals surface area contributed by atoms with E-state index in [0.717, 1.165) is 48.8 Å². The van der Waals surface area contributed by atoms with E-state index >= 15 is 0 Å². The van der Waals surface area contributed by atoms with E-state index in [9.17, 15) is 0 Å². The van der Waals surface area contributed by atoms with Gasteiger partial charge in [-0.3, -0.25) is 4.90 Å². The van der Waals surface area contributed by atoms with E-state index in [0.29, 0.717) is 18.6 Å². The number of nitrogens with zero attached hydrogens (tertiary/aromatic N) is 1. The number of rotatable bonds is 7. The minimum Gasteiger partial charge on any atom is -0.485 e. The Hall–Kier alpha value is -1.95. The Labute approximate surface area is 216 Å². The number of hydrogen-bond acceptors (Lipinski definition) is 5. The summed E-state index contributed by atoms with van der Waals surface area (Å²) in [4.78, 5) is 2.84. The quantitative estimate of drug-likeness (QED) is 0.444. The Morgan fingerprint density at radius 3 is 2.64 bits per heavy atom. The van der Waals surface area contributed by atoms with Gasteiger partial charge in [0.25, 0.3) is 0 Å². The first-order valence-corrected chi connectivity index (χ1v) is 13.9. The Balaban J connectivity index is 1.36. The molecule has 3 aliphatic carbocycles. The standard InChI is InChI=1S/C29H37B2NO4/c1-33-29(34-2)24(31)13-20-22-12-19-21(30)14-23(35-16-18-6-4-3-5-7-18)26-25(19)28(20,27(29)36-26)10-11-32(22)15-17-8-9-17/h3-7,14,17,20,22,24,27H,8-13,15-16,30-31H2,1-2H3/t20?,22?,24?,27-,28+/m0/s1. The van der Waals surface area contributed by atoms with Gasteiger partial charge in [-0.05, 0) is 73.5 Å². The maximum absolute atomic E-state index is 7.06. The molecule has 5 atom stereocenters. The van der Waals surface area contributed by atoms with Crippen LogP contribution in [-0.2, 0) is 27.9 Å². The second kappa shape index (κ2) is 8.28. The highest BCUT2D eigenvalue weighted by molar-refractivity contribution is 6.34. The molecule has 5 nitrogen and oxygen atoms in total. The van der Waals surface area contributed by atoms with Gasteiger partial charge >= 0.3 is 0 Å². The van der Waals surface area contributed by atoms with E-state index in [2.05, 4.69) is 50.9 Å². The minimum absolute atomic E-state index is 0.0942. The topological polar surface area (TPSA) is 40.2 Å². The van der Waals surface area contributed by atoms with Crippen LogP contribution in [0.4, 0.5) is 0 Å². The number of ether oxygens (including phenoxy) is 4. The zero-order chi connectivity index (χ0) is 24.7. The molecule has 0 aromatic heterocycles. The SMILES string of the molecule is Bc1cc(OCc2ccccc2)c2c3c1CC1C4CC(B)C(OC)(OC)[C@@H](O2)[C@@]34CCN1CC1CC1. The second-order valence-corrected chi connectivity index (χ2v) is 12.0. The maximum Gasteiger partial charge on any atom is 0.201 e. The van der Waals surface area contributed by atoms with E-state index < -0.39 is 5.79 Å². The summed E-state index contributed by atoms with van der Waals surface area (Å²) in [5.74, 6) is 2.73. The van der Waals surface area contributed by atoms with Crippen molar-refractivity contribution in [3.05, 3.63) is 53.1 Å². The molecule has 2 bridgehead atoms. The molecule has 2 aromatic carbocycles. The van der Waals surface area contributed by atoms with Crippen molar-refractivity contribution in [3.8, 4) is 11.5 Å². The summed E-state index contributed by atoms with van der Waals surface area (Å²) in [7, 11) is 8.15. The van der Waals surface area contributed by atoms with Crippen LogP contribution in [0.5, 0.6) is 11.5 Å². The molecule has 3 fully saturated rings. The summed E-state index contributed by atoms with van der Waals surface area (Å²) >= 11 is 0. The monoisotopic (exact) mass is 485 g/mol. The Morgan fingerprint density at radius 2 is 1.92 bits per heavy atom. The summed E-state index contributed by atoms with van der Waals surface area (Å²) in [6.07, 6.45) is 5.93. The average Bonchev–Trinajstić information content (AvgIpc) is 3.64. The van der Waals surface area contributed by atoms with Crippen LogP contribution >= 0.6 is 0 Å². The van der Waals surface area contributed by atoms with Gasteiger partial charge in [0.1, 0.15) is 22.3 Å². The van der Waals surface area contributed by atoms with Crippen LogP contribution in [0, 0.1) is 11.8 Å². The Morgan fingerprint density at radius 1 is 1.14 bits per heavy atom. The van der Waals surface area contributed by atoms with Crippen LogP contribution in [0.1, 0.15) is 42.4 Å². The minimum atomic E-state index is -0.766. The van der Waals surface area contributed by atoms with Gasteiger partial charge in [-0.2, -0.15) is 0 Å². The molecule has 1 saturated heterocycles. The lowest BCUT2D eigenvalue weighted by atomic mass is 9.46. The predicted octanol–water partition coefficient (Wildman–Crippen LogP) is 1.99. The molecule has 7 heteroatoms. The maximum atomic E-state index is 7.06. The highest BCUT2D eigenvalue weighted by Gasteiger charge is 2.72. The highest BCUT2D eigenvalue weighted by Crippen LogP contribution is 2.67. The number of hydrogen-bond donors (Lipinski definition) is 0. The first-order chi connectivity index (χ1) is 17.5. The number of piperidine rings is 1. The molecule has 0 radical (unpaired) electrons. The molecule has 2 saturated carbocycles. The molecule has 2 heterocycles. The fourth-order valence-electron chi connectivity index (χ4n) is 8.44. The van der Waals surface area contributed by atoms with Gasteiger partial charge in [-0.1, -0.05) is 35.8 Å². The summed E-state index contributed by atoms with van der Waals surface area (Å²) in [6, 6.07) is 13.2. The fourth-order valence-corrected chi connectivity index (χ4v) is 8.44. The molecule has 36 heavy (non-hydrogen) atoms. The third-order valence-corrected chi connectivity index (χ3v) is 10.3. The van der Waals surface area contributed by atoms with Crippen molar-refractivity contribution in [2.75, 3.05) is 27.3 Å². The van der Waals surface area contributed by atoms with E-state index in [1.165, 1.54) is 36.0 Å². The lowest BCUT2D eigenvalue weighted by molar-refractivity contribution is -0.291. The van der Waals surface area contributed by atoms with Gasteiger partial charge in [-0.15, -0.1) is 0 Å². The molecule has 0 amide bonds. The predicted molar refractivity (Wildman–Crippen MR) is 145 cm³/mol. The summed E-state index contributed by atoms with van der Waals surface area (Å²) in [5.41, 5.74) is 5.29. The van der Waals surface area contributed by atoms with Gasteiger partial charge < -0.3 is 18.9 Å². The van der Waals surface area contributed by atoms with Crippen molar-refractivity contribution in [3.63, 3.8) is 0 Å². The molecule has 3 unspecified atom stereocenters. The van der Waals surface area contributed by atoms with E-state index in [1.807, 2.05) is 6.07 Å². The Kier molecular flexibility index (Phi) is 5.33. The molecular formula is C29H37B2NO4. The van der Waals surface area contributed by atoms with Crippen LogP contribution in [0.15, 0.2) is 36.4 Å². The first-order valence-electron chi connectivity index (χ1n) is 13.9. The van der Waals surface area contributed by atoms with Crippen molar-refractivity contribution in [1.29, 1.82) is 0 Å². The summed E-state index contributed by atoms with van der Waals surface area (Å²) < 4.78 is 26.1. The van der Waals surface area contributed by atoms with Crippen molar-refractivity contribution >= 4 is 21.2 Å². The van der Waals surface area contributed by atoms with Gasteiger partial charge in [-0.25, -0.2) is 0 Å². The number of benzene rings is 2. The first kappa shape index (κ1) is 23.2. The highest BCUT2D eigenvalue weighted by atomic mass is 16.7. The van der Waals surface area contributed by atoms with E-state index in [-0.39, 0.29) is 17.3 Å². The van der Waals surface area contributed by atoms with Crippen LogP contribution in [0.25, 0.3) is 0 Å². The zero-order valence-electron chi connectivity index (χ0n) is 22.1. The van der Waals surface area contributed by atoms with E-state index in [1.54, 1.807) is 14.2 Å². The van der Waals surface area contributed by atoms with Crippen molar-refractivity contribution < 1.29 is 18.9 Å². The molecule has 1 spiro atoms. The fraction of sp³-hybridized carbons (Fsp3) is 0.586. The van der Waals surface area contributed by atoms with Gasteiger partial charge in [0.2, 0.25) is 5.79 Å². The van der Waals surface area contributed by atoms with Crippen molar-refractivity contribution in [2.24, 2.45) is 11.8 Å². The summed E-state index contributed by atoms with van der Waals surface area (Å²) in [5, 5.41) is 0. The van der Waals surface area contributed by atoms with Crippen molar-refractivity contribution in [1.82, 2.24) is 4.90 Å². The zero-order valence-corrected chi connectivity index (χ0v) is 22.1. The Bertz CT molecular complexity index is 1170. The molecule has 0 N–H and O–H groups in total. The number of methoxy groups -OCH3 is 2. The van der Waals surface area contributed by atoms with Crippen LogP contribution < -0.4 is 14.9 Å². The van der Waals surface area contributed by atoms with Gasteiger partial charge in [0.15, 0.2) is 17.6 Å².